The number of nitriles is 1. The van der Waals surface area contributed by atoms with E-state index in [4.69, 9.17) is 0 Å². The zero-order chi connectivity index (χ0) is 14.0. The Bertz CT molecular complexity index is 371. The number of hydrogen-bond acceptors (Lipinski definition) is 3. The van der Waals surface area contributed by atoms with Gasteiger partial charge in [0.25, 0.3) is 0 Å². The maximum atomic E-state index is 9.68. The Morgan fingerprint density at radius 2 is 2.15 bits per heavy atom. The number of rotatable bonds is 5. The molecule has 3 unspecified atom stereocenters. The van der Waals surface area contributed by atoms with Crippen molar-refractivity contribution in [3.63, 3.8) is 0 Å². The predicted octanol–water partition coefficient (Wildman–Crippen LogP) is 3.07. The van der Waals surface area contributed by atoms with E-state index >= 15 is 0 Å². The average Bonchev–Trinajstić information content (AvgIpc) is 3.14. The molecule has 20 heavy (non-hydrogen) atoms. The van der Waals surface area contributed by atoms with E-state index in [9.17, 15) is 5.26 Å². The normalized spacial score (nSPS) is 38.8. The van der Waals surface area contributed by atoms with E-state index in [0.717, 1.165) is 18.8 Å². The molecule has 3 aliphatic rings. The summed E-state index contributed by atoms with van der Waals surface area (Å²) in [6.07, 6.45) is 11.2. The van der Waals surface area contributed by atoms with E-state index in [1.165, 1.54) is 58.0 Å². The van der Waals surface area contributed by atoms with Crippen molar-refractivity contribution in [1.82, 2.24) is 10.2 Å². The first-order valence-corrected chi connectivity index (χ1v) is 8.67. The molecular weight excluding hydrogens is 246 g/mol. The molecule has 3 atom stereocenters. The van der Waals surface area contributed by atoms with Crippen LogP contribution >= 0.6 is 0 Å². The minimum Gasteiger partial charge on any atom is -0.300 e. The lowest BCUT2D eigenvalue weighted by molar-refractivity contribution is 0.138. The second kappa shape index (κ2) is 6.03. The molecule has 0 amide bonds. The summed E-state index contributed by atoms with van der Waals surface area (Å²) in [6.45, 7) is 4.84. The summed E-state index contributed by atoms with van der Waals surface area (Å²) >= 11 is 0. The van der Waals surface area contributed by atoms with Crippen molar-refractivity contribution in [2.24, 2.45) is 5.92 Å². The van der Waals surface area contributed by atoms with Gasteiger partial charge in [0, 0.05) is 18.6 Å². The first-order valence-electron chi connectivity index (χ1n) is 8.67. The SMILES string of the molecule is CCCC1CCN(C2CCCC(C#N)(NC3CC3)C2)C1. The summed E-state index contributed by atoms with van der Waals surface area (Å²) in [7, 11) is 0. The lowest BCUT2D eigenvalue weighted by Crippen LogP contribution is -2.53. The smallest absolute Gasteiger partial charge is 0.108 e. The van der Waals surface area contributed by atoms with Crippen LogP contribution in [0.4, 0.5) is 0 Å². The van der Waals surface area contributed by atoms with E-state index in [2.05, 4.69) is 23.2 Å². The van der Waals surface area contributed by atoms with E-state index in [1.807, 2.05) is 0 Å². The van der Waals surface area contributed by atoms with Gasteiger partial charge in [-0.1, -0.05) is 13.3 Å². The fourth-order valence-corrected chi connectivity index (χ4v) is 4.28. The lowest BCUT2D eigenvalue weighted by Gasteiger charge is -2.40. The minimum absolute atomic E-state index is 0.215. The maximum Gasteiger partial charge on any atom is 0.108 e. The second-order valence-electron chi connectivity index (χ2n) is 7.30. The van der Waals surface area contributed by atoms with E-state index in [-0.39, 0.29) is 5.54 Å². The van der Waals surface area contributed by atoms with Crippen LogP contribution in [0, 0.1) is 17.2 Å². The van der Waals surface area contributed by atoms with Crippen molar-refractivity contribution in [3.8, 4) is 6.07 Å². The van der Waals surface area contributed by atoms with Crippen LogP contribution in [0.3, 0.4) is 0 Å². The first-order chi connectivity index (χ1) is 9.74. The molecular formula is C17H29N3. The van der Waals surface area contributed by atoms with Crippen LogP contribution in [0.5, 0.6) is 0 Å². The standard InChI is InChI=1S/C17H29N3/c1-2-4-14-8-10-20(12-14)16-5-3-9-17(11-16,13-18)19-15-6-7-15/h14-16,19H,2-12H2,1H3. The summed E-state index contributed by atoms with van der Waals surface area (Å²) in [5.74, 6) is 0.912. The molecule has 3 nitrogen and oxygen atoms in total. The van der Waals surface area contributed by atoms with Gasteiger partial charge in [0.05, 0.1) is 6.07 Å². The minimum atomic E-state index is -0.215. The Labute approximate surface area is 123 Å². The monoisotopic (exact) mass is 275 g/mol. The zero-order valence-corrected chi connectivity index (χ0v) is 12.9. The fourth-order valence-electron chi connectivity index (χ4n) is 4.28. The fraction of sp³-hybridized carbons (Fsp3) is 0.941. The topological polar surface area (TPSA) is 39.1 Å². The third-order valence-electron chi connectivity index (χ3n) is 5.53. The molecule has 1 heterocycles. The summed E-state index contributed by atoms with van der Waals surface area (Å²) in [4.78, 5) is 2.69. The van der Waals surface area contributed by atoms with Crippen LogP contribution in [0.25, 0.3) is 0 Å². The van der Waals surface area contributed by atoms with E-state index < -0.39 is 0 Å². The van der Waals surface area contributed by atoms with Gasteiger partial charge in [-0.15, -0.1) is 0 Å². The van der Waals surface area contributed by atoms with Crippen LogP contribution in [0.15, 0.2) is 0 Å². The molecule has 2 aliphatic carbocycles. The van der Waals surface area contributed by atoms with Crippen LogP contribution in [-0.2, 0) is 0 Å². The van der Waals surface area contributed by atoms with E-state index in [0.29, 0.717) is 12.1 Å². The van der Waals surface area contributed by atoms with Crippen molar-refractivity contribution in [2.45, 2.75) is 82.3 Å². The number of hydrogen-bond donors (Lipinski definition) is 1. The Morgan fingerprint density at radius 3 is 2.85 bits per heavy atom. The van der Waals surface area contributed by atoms with Gasteiger partial charge in [0.15, 0.2) is 0 Å². The third kappa shape index (κ3) is 3.18. The van der Waals surface area contributed by atoms with Crippen molar-refractivity contribution < 1.29 is 0 Å². The molecule has 0 spiro atoms. The van der Waals surface area contributed by atoms with Crippen LogP contribution in [0.2, 0.25) is 0 Å². The Balaban J connectivity index is 1.58. The number of nitrogens with one attached hydrogen (secondary N) is 1. The van der Waals surface area contributed by atoms with Crippen LogP contribution in [-0.4, -0.2) is 35.6 Å². The molecule has 0 aromatic carbocycles. The molecule has 1 N–H and O–H groups in total. The number of nitrogens with zero attached hydrogens (tertiary/aromatic N) is 2. The molecule has 3 heteroatoms. The van der Waals surface area contributed by atoms with Crippen LogP contribution < -0.4 is 5.32 Å². The Morgan fingerprint density at radius 1 is 1.30 bits per heavy atom. The van der Waals surface area contributed by atoms with Gasteiger partial charge in [-0.2, -0.15) is 5.26 Å². The summed E-state index contributed by atoms with van der Waals surface area (Å²) < 4.78 is 0. The molecule has 0 aromatic heterocycles. The highest BCUT2D eigenvalue weighted by Crippen LogP contribution is 2.36. The van der Waals surface area contributed by atoms with Crippen molar-refractivity contribution in [1.29, 1.82) is 5.26 Å². The quantitative estimate of drug-likeness (QED) is 0.838. The summed E-state index contributed by atoms with van der Waals surface area (Å²) in [5.41, 5.74) is -0.215. The largest absolute Gasteiger partial charge is 0.300 e. The predicted molar refractivity (Wildman–Crippen MR) is 81.3 cm³/mol. The molecule has 112 valence electrons. The van der Waals surface area contributed by atoms with Gasteiger partial charge in [-0.25, -0.2) is 0 Å². The molecule has 1 saturated heterocycles. The highest BCUT2D eigenvalue weighted by molar-refractivity contribution is 5.13. The Hall–Kier alpha value is -0.590. The van der Waals surface area contributed by atoms with Crippen LogP contribution in [0.1, 0.15) is 64.7 Å². The molecule has 0 aromatic rings. The first kappa shape index (κ1) is 14.4. The van der Waals surface area contributed by atoms with Crippen molar-refractivity contribution >= 4 is 0 Å². The van der Waals surface area contributed by atoms with E-state index in [1.54, 1.807) is 0 Å². The molecule has 0 radical (unpaired) electrons. The van der Waals surface area contributed by atoms with Gasteiger partial charge in [-0.05, 0) is 63.8 Å². The van der Waals surface area contributed by atoms with Gasteiger partial charge in [0.1, 0.15) is 5.54 Å². The highest BCUT2D eigenvalue weighted by atomic mass is 15.2. The van der Waals surface area contributed by atoms with Gasteiger partial charge in [-0.3, -0.25) is 10.2 Å². The summed E-state index contributed by atoms with van der Waals surface area (Å²) in [5, 5.41) is 13.3. The zero-order valence-electron chi connectivity index (χ0n) is 12.9. The highest BCUT2D eigenvalue weighted by Gasteiger charge is 2.42. The molecule has 0 bridgehead atoms. The third-order valence-corrected chi connectivity index (χ3v) is 5.53. The number of likely N-dealkylation sites (tertiary alicyclic amines) is 1. The van der Waals surface area contributed by atoms with Gasteiger partial charge < -0.3 is 0 Å². The van der Waals surface area contributed by atoms with Crippen molar-refractivity contribution in [2.75, 3.05) is 13.1 Å². The van der Waals surface area contributed by atoms with Gasteiger partial charge >= 0.3 is 0 Å². The molecule has 3 rings (SSSR count). The molecule has 1 aliphatic heterocycles. The Kier molecular flexibility index (Phi) is 4.33. The summed E-state index contributed by atoms with van der Waals surface area (Å²) in [6, 6.07) is 3.93. The maximum absolute atomic E-state index is 9.68. The average molecular weight is 275 g/mol. The lowest BCUT2D eigenvalue weighted by atomic mass is 9.79. The second-order valence-corrected chi connectivity index (χ2v) is 7.30. The van der Waals surface area contributed by atoms with Gasteiger partial charge in [0.2, 0.25) is 0 Å². The molecule has 2 saturated carbocycles. The molecule has 3 fully saturated rings. The van der Waals surface area contributed by atoms with Crippen molar-refractivity contribution in [3.05, 3.63) is 0 Å².